The van der Waals surface area contributed by atoms with Crippen LogP contribution in [-0.2, 0) is 19.4 Å². The lowest BCUT2D eigenvalue weighted by Crippen LogP contribution is -2.21. The number of amides is 1. The third-order valence-corrected chi connectivity index (χ3v) is 6.13. The molecule has 2 heterocycles. The first-order valence-corrected chi connectivity index (χ1v) is 11.0. The Bertz CT molecular complexity index is 1410. The molecule has 1 aliphatic rings. The highest BCUT2D eigenvalue weighted by Gasteiger charge is 2.27. The Labute approximate surface area is 194 Å². The molecular formula is C25H20ClFN4O2. The lowest BCUT2D eigenvalue weighted by atomic mass is 10.2. The van der Waals surface area contributed by atoms with Gasteiger partial charge >= 0.3 is 0 Å². The molecule has 2 aromatic carbocycles. The van der Waals surface area contributed by atoms with Crippen LogP contribution < -0.4 is 10.9 Å². The number of rotatable bonds is 5. The van der Waals surface area contributed by atoms with Crippen molar-refractivity contribution in [3.8, 4) is 5.69 Å². The molecule has 0 saturated carbocycles. The fraction of sp³-hybridized carbons (Fsp3) is 0.160. The fourth-order valence-electron chi connectivity index (χ4n) is 4.14. The zero-order valence-corrected chi connectivity index (χ0v) is 18.3. The minimum Gasteiger partial charge on any atom is -0.319 e. The van der Waals surface area contributed by atoms with Gasteiger partial charge in [-0.15, -0.1) is 0 Å². The van der Waals surface area contributed by atoms with Crippen molar-refractivity contribution in [2.24, 2.45) is 0 Å². The number of anilines is 1. The van der Waals surface area contributed by atoms with Crippen LogP contribution in [0.3, 0.4) is 0 Å². The maximum Gasteiger partial charge on any atom is 0.276 e. The Morgan fingerprint density at radius 3 is 2.64 bits per heavy atom. The molecule has 0 saturated heterocycles. The molecule has 4 aromatic rings. The number of aromatic nitrogens is 3. The third kappa shape index (κ3) is 4.19. The van der Waals surface area contributed by atoms with Gasteiger partial charge in [-0.25, -0.2) is 9.07 Å². The van der Waals surface area contributed by atoms with Crippen molar-refractivity contribution in [3.05, 3.63) is 111 Å². The maximum atomic E-state index is 13.3. The Kier molecular flexibility index (Phi) is 5.56. The van der Waals surface area contributed by atoms with E-state index in [1.807, 2.05) is 18.2 Å². The standard InChI is InChI=1S/C25H20ClFN4O2/c26-21-6-2-1-4-16(21)14-30-15-18(10-13-23(30)32)28-25(33)24-20-5-3-7-22(20)31(29-24)19-11-8-17(27)9-12-19/h1-2,4,6,8-13,15H,3,5,7,14H2,(H,28,33). The van der Waals surface area contributed by atoms with Gasteiger partial charge in [0.1, 0.15) is 5.82 Å². The van der Waals surface area contributed by atoms with Gasteiger partial charge in [0.25, 0.3) is 11.5 Å². The normalized spacial score (nSPS) is 12.5. The second-order valence-corrected chi connectivity index (χ2v) is 8.35. The summed E-state index contributed by atoms with van der Waals surface area (Å²) in [7, 11) is 0. The van der Waals surface area contributed by atoms with E-state index in [9.17, 15) is 14.0 Å². The maximum absolute atomic E-state index is 13.3. The highest BCUT2D eigenvalue weighted by molar-refractivity contribution is 6.31. The molecule has 0 aliphatic heterocycles. The van der Waals surface area contributed by atoms with Gasteiger partial charge in [-0.05, 0) is 61.2 Å². The Morgan fingerprint density at radius 2 is 1.85 bits per heavy atom. The van der Waals surface area contributed by atoms with Gasteiger partial charge in [-0.1, -0.05) is 29.8 Å². The molecule has 1 N–H and O–H groups in total. The predicted molar refractivity (Wildman–Crippen MR) is 125 cm³/mol. The van der Waals surface area contributed by atoms with Crippen molar-refractivity contribution >= 4 is 23.2 Å². The minimum absolute atomic E-state index is 0.200. The molecule has 0 fully saturated rings. The summed E-state index contributed by atoms with van der Waals surface area (Å²) < 4.78 is 16.6. The van der Waals surface area contributed by atoms with Crippen molar-refractivity contribution in [1.82, 2.24) is 14.3 Å². The van der Waals surface area contributed by atoms with Crippen LogP contribution in [0, 0.1) is 5.82 Å². The van der Waals surface area contributed by atoms with Crippen LogP contribution in [-0.4, -0.2) is 20.3 Å². The van der Waals surface area contributed by atoms with Crippen LogP contribution in [0.25, 0.3) is 5.69 Å². The van der Waals surface area contributed by atoms with E-state index in [1.54, 1.807) is 35.1 Å². The number of fused-ring (bicyclic) bond motifs is 1. The SMILES string of the molecule is O=C(Nc1ccc(=O)n(Cc2ccccc2Cl)c1)c1nn(-c2ccc(F)cc2)c2c1CCC2. The van der Waals surface area contributed by atoms with Crippen molar-refractivity contribution < 1.29 is 9.18 Å². The van der Waals surface area contributed by atoms with Gasteiger partial charge in [-0.2, -0.15) is 5.10 Å². The number of nitrogens with one attached hydrogen (secondary N) is 1. The molecule has 0 spiro atoms. The van der Waals surface area contributed by atoms with Crippen molar-refractivity contribution in [1.29, 1.82) is 0 Å². The van der Waals surface area contributed by atoms with Crippen LogP contribution in [0.4, 0.5) is 10.1 Å². The summed E-state index contributed by atoms with van der Waals surface area (Å²) in [6.45, 7) is 0.289. The van der Waals surface area contributed by atoms with E-state index in [2.05, 4.69) is 10.4 Å². The topological polar surface area (TPSA) is 68.9 Å². The average Bonchev–Trinajstić information content (AvgIpc) is 3.41. The quantitative estimate of drug-likeness (QED) is 0.470. The summed E-state index contributed by atoms with van der Waals surface area (Å²) in [6.07, 6.45) is 4.08. The van der Waals surface area contributed by atoms with Gasteiger partial charge in [0.05, 0.1) is 17.9 Å². The van der Waals surface area contributed by atoms with Crippen LogP contribution in [0.15, 0.2) is 71.7 Å². The molecule has 0 unspecified atom stereocenters. The summed E-state index contributed by atoms with van der Waals surface area (Å²) in [5, 5.41) is 7.98. The van der Waals surface area contributed by atoms with Crippen LogP contribution in [0.2, 0.25) is 5.02 Å². The average molecular weight is 463 g/mol. The molecule has 6 nitrogen and oxygen atoms in total. The van der Waals surface area contributed by atoms with E-state index < -0.39 is 0 Å². The Balaban J connectivity index is 1.43. The second kappa shape index (κ2) is 8.67. The van der Waals surface area contributed by atoms with E-state index in [0.717, 1.165) is 36.1 Å². The van der Waals surface area contributed by atoms with Gasteiger partial charge in [0.2, 0.25) is 0 Å². The number of benzene rings is 2. The lowest BCUT2D eigenvalue weighted by molar-refractivity contribution is 0.102. The molecule has 1 aliphatic carbocycles. The largest absolute Gasteiger partial charge is 0.319 e. The Morgan fingerprint density at radius 1 is 1.06 bits per heavy atom. The molecular weight excluding hydrogens is 443 g/mol. The van der Waals surface area contributed by atoms with Crippen molar-refractivity contribution in [3.63, 3.8) is 0 Å². The number of carbonyl (C=O) groups is 1. The number of halogens is 2. The summed E-state index contributed by atoms with van der Waals surface area (Å²) in [6, 6.07) is 16.3. The first kappa shape index (κ1) is 21.2. The number of hydrogen-bond acceptors (Lipinski definition) is 3. The second-order valence-electron chi connectivity index (χ2n) is 7.95. The number of pyridine rings is 1. The van der Waals surface area contributed by atoms with Gasteiger partial charge < -0.3 is 9.88 Å². The van der Waals surface area contributed by atoms with Gasteiger partial charge in [0.15, 0.2) is 5.69 Å². The van der Waals surface area contributed by atoms with Crippen molar-refractivity contribution in [2.45, 2.75) is 25.8 Å². The first-order valence-electron chi connectivity index (χ1n) is 10.6. The van der Waals surface area contributed by atoms with Gasteiger partial charge in [-0.3, -0.25) is 9.59 Å². The van der Waals surface area contributed by atoms with Crippen LogP contribution >= 0.6 is 11.6 Å². The summed E-state index contributed by atoms with van der Waals surface area (Å²) in [5.41, 5.74) is 4.01. The zero-order chi connectivity index (χ0) is 22.9. The minimum atomic E-state index is -0.350. The number of carbonyl (C=O) groups excluding carboxylic acids is 1. The van der Waals surface area contributed by atoms with E-state index in [4.69, 9.17) is 11.6 Å². The monoisotopic (exact) mass is 462 g/mol. The summed E-state index contributed by atoms with van der Waals surface area (Å²) >= 11 is 6.23. The highest BCUT2D eigenvalue weighted by Crippen LogP contribution is 2.28. The predicted octanol–water partition coefficient (Wildman–Crippen LogP) is 4.62. The Hall–Kier alpha value is -3.71. The number of nitrogens with zero attached hydrogens (tertiary/aromatic N) is 3. The molecule has 0 bridgehead atoms. The van der Waals surface area contributed by atoms with Crippen molar-refractivity contribution in [2.75, 3.05) is 5.32 Å². The van der Waals surface area contributed by atoms with Crippen LogP contribution in [0.5, 0.6) is 0 Å². The van der Waals surface area contributed by atoms with E-state index in [-0.39, 0.29) is 23.8 Å². The van der Waals surface area contributed by atoms with E-state index >= 15 is 0 Å². The molecule has 1 amide bonds. The number of hydrogen-bond donors (Lipinski definition) is 1. The van der Waals surface area contributed by atoms with E-state index in [0.29, 0.717) is 22.1 Å². The summed E-state index contributed by atoms with van der Waals surface area (Å²) in [4.78, 5) is 25.5. The molecule has 5 rings (SSSR count). The molecule has 0 atom stereocenters. The molecule has 166 valence electrons. The van der Waals surface area contributed by atoms with Gasteiger partial charge in [0, 0.05) is 28.5 Å². The van der Waals surface area contributed by atoms with Crippen LogP contribution in [0.1, 0.15) is 33.7 Å². The zero-order valence-electron chi connectivity index (χ0n) is 17.6. The molecule has 0 radical (unpaired) electrons. The fourth-order valence-corrected chi connectivity index (χ4v) is 4.34. The van der Waals surface area contributed by atoms with E-state index in [1.165, 1.54) is 22.8 Å². The first-order chi connectivity index (χ1) is 16.0. The lowest BCUT2D eigenvalue weighted by Gasteiger charge is -2.10. The molecule has 8 heteroatoms. The molecule has 2 aromatic heterocycles. The molecule has 33 heavy (non-hydrogen) atoms. The highest BCUT2D eigenvalue weighted by atomic mass is 35.5. The summed E-state index contributed by atoms with van der Waals surface area (Å²) in [5.74, 6) is -0.676. The third-order valence-electron chi connectivity index (χ3n) is 5.76. The smallest absolute Gasteiger partial charge is 0.276 e.